The molecule has 0 saturated heterocycles. The Labute approximate surface area is 117 Å². The molecule has 0 spiro atoms. The van der Waals surface area contributed by atoms with E-state index in [0.717, 1.165) is 0 Å². The van der Waals surface area contributed by atoms with Crippen molar-refractivity contribution in [1.29, 1.82) is 0 Å². The third kappa shape index (κ3) is 7.39. The average Bonchev–Trinajstić information content (AvgIpc) is 2.44. The molecular weight excluding hydrogens is 270 g/mol. The lowest BCUT2D eigenvalue weighted by Crippen LogP contribution is -2.47. The molecule has 5 N–H and O–H groups in total. The summed E-state index contributed by atoms with van der Waals surface area (Å²) in [4.78, 5) is 22.3. The third-order valence-corrected chi connectivity index (χ3v) is 2.75. The topological polar surface area (TPSA) is 136 Å². The van der Waals surface area contributed by atoms with Crippen LogP contribution in [0.25, 0.3) is 0 Å². The van der Waals surface area contributed by atoms with Gasteiger partial charge in [0.2, 0.25) is 0 Å². The number of hydrogen-bond donors (Lipinski definition) is 5. The van der Waals surface area contributed by atoms with Gasteiger partial charge in [0, 0.05) is 19.6 Å². The molecule has 1 amide bonds. The van der Waals surface area contributed by atoms with Crippen LogP contribution < -0.4 is 5.32 Å². The summed E-state index contributed by atoms with van der Waals surface area (Å²) < 4.78 is 4.45. The van der Waals surface area contributed by atoms with E-state index in [2.05, 4.69) is 10.1 Å². The zero-order valence-corrected chi connectivity index (χ0v) is 11.5. The van der Waals surface area contributed by atoms with E-state index >= 15 is 0 Å². The van der Waals surface area contributed by atoms with Crippen molar-refractivity contribution in [1.82, 2.24) is 5.32 Å². The number of carbonyl (C=O) groups excluding carboxylic acids is 2. The standard InChI is InChI=1S/C12H23NO7/c1-20-9(16)4-2-3-6-13-12(19)11(18)10(17)8(15)5-7-14/h8,10-11,14-15,17-18H,2-7H2,1H3,(H,13,19). The highest BCUT2D eigenvalue weighted by atomic mass is 16.5. The van der Waals surface area contributed by atoms with Crippen molar-refractivity contribution >= 4 is 11.9 Å². The first-order valence-electron chi connectivity index (χ1n) is 6.43. The predicted octanol–water partition coefficient (Wildman–Crippen LogP) is -2.09. The SMILES string of the molecule is COC(=O)CCCCNC(=O)C(O)C(O)C(O)CCO. The van der Waals surface area contributed by atoms with Crippen molar-refractivity contribution in [2.75, 3.05) is 20.3 Å². The van der Waals surface area contributed by atoms with Gasteiger partial charge in [-0.05, 0) is 19.3 Å². The van der Waals surface area contributed by atoms with E-state index in [-0.39, 0.29) is 32.0 Å². The Hall–Kier alpha value is -1.22. The molecule has 0 aliphatic carbocycles. The molecule has 0 bridgehead atoms. The zero-order chi connectivity index (χ0) is 15.5. The number of carbonyl (C=O) groups is 2. The van der Waals surface area contributed by atoms with E-state index < -0.39 is 24.2 Å². The van der Waals surface area contributed by atoms with Gasteiger partial charge in [0.25, 0.3) is 5.91 Å². The minimum Gasteiger partial charge on any atom is -0.469 e. The number of esters is 1. The smallest absolute Gasteiger partial charge is 0.305 e. The molecule has 3 unspecified atom stereocenters. The van der Waals surface area contributed by atoms with Gasteiger partial charge in [-0.2, -0.15) is 0 Å². The van der Waals surface area contributed by atoms with Crippen molar-refractivity contribution in [3.8, 4) is 0 Å². The van der Waals surface area contributed by atoms with Crippen LogP contribution in [0, 0.1) is 0 Å². The molecule has 0 aromatic heterocycles. The molecule has 0 aliphatic heterocycles. The van der Waals surface area contributed by atoms with Crippen LogP contribution in [0.2, 0.25) is 0 Å². The fourth-order valence-electron chi connectivity index (χ4n) is 1.48. The molecule has 3 atom stereocenters. The Bertz CT molecular complexity index is 298. The minimum atomic E-state index is -1.77. The van der Waals surface area contributed by atoms with Gasteiger partial charge in [-0.15, -0.1) is 0 Å². The Morgan fingerprint density at radius 2 is 1.85 bits per heavy atom. The van der Waals surface area contributed by atoms with Crippen LogP contribution in [0.4, 0.5) is 0 Å². The Morgan fingerprint density at radius 3 is 2.40 bits per heavy atom. The van der Waals surface area contributed by atoms with E-state index in [1.807, 2.05) is 0 Å². The molecular formula is C12H23NO7. The summed E-state index contributed by atoms with van der Waals surface area (Å²) in [7, 11) is 1.29. The molecule has 0 radical (unpaired) electrons. The van der Waals surface area contributed by atoms with Crippen LogP contribution >= 0.6 is 0 Å². The van der Waals surface area contributed by atoms with E-state index in [1.165, 1.54) is 7.11 Å². The number of aliphatic hydroxyl groups excluding tert-OH is 4. The summed E-state index contributed by atoms with van der Waals surface area (Å²) in [6.45, 7) is -0.129. The summed E-state index contributed by atoms with van der Waals surface area (Å²) in [5.74, 6) is -1.15. The van der Waals surface area contributed by atoms with Gasteiger partial charge in [-0.25, -0.2) is 0 Å². The van der Waals surface area contributed by atoms with Gasteiger partial charge in [0.1, 0.15) is 6.10 Å². The second-order valence-corrected chi connectivity index (χ2v) is 4.34. The van der Waals surface area contributed by atoms with Crippen molar-refractivity contribution in [2.45, 2.75) is 44.0 Å². The average molecular weight is 293 g/mol. The molecule has 0 heterocycles. The maximum absolute atomic E-state index is 11.5. The van der Waals surface area contributed by atoms with Crippen molar-refractivity contribution in [3.05, 3.63) is 0 Å². The lowest BCUT2D eigenvalue weighted by molar-refractivity contribution is -0.141. The molecule has 20 heavy (non-hydrogen) atoms. The Kier molecular flexibility index (Phi) is 9.91. The summed E-state index contributed by atoms with van der Waals surface area (Å²) in [5, 5.41) is 39.2. The van der Waals surface area contributed by atoms with Crippen molar-refractivity contribution in [3.63, 3.8) is 0 Å². The fraction of sp³-hybridized carbons (Fsp3) is 0.833. The first-order chi connectivity index (χ1) is 9.43. The summed E-state index contributed by atoms with van der Waals surface area (Å²) in [6, 6.07) is 0. The molecule has 118 valence electrons. The monoisotopic (exact) mass is 293 g/mol. The number of ether oxygens (including phenoxy) is 1. The van der Waals surface area contributed by atoms with Crippen LogP contribution in [0.3, 0.4) is 0 Å². The minimum absolute atomic E-state index is 0.134. The van der Waals surface area contributed by atoms with Gasteiger partial charge >= 0.3 is 5.97 Å². The van der Waals surface area contributed by atoms with E-state index in [1.54, 1.807) is 0 Å². The van der Waals surface area contributed by atoms with Gasteiger partial charge in [0.15, 0.2) is 6.10 Å². The number of unbranched alkanes of at least 4 members (excludes halogenated alkanes) is 1. The molecule has 0 aliphatic rings. The van der Waals surface area contributed by atoms with Gasteiger partial charge in [-0.3, -0.25) is 9.59 Å². The highest BCUT2D eigenvalue weighted by Gasteiger charge is 2.29. The van der Waals surface area contributed by atoms with Crippen LogP contribution in [-0.2, 0) is 14.3 Å². The van der Waals surface area contributed by atoms with E-state index in [9.17, 15) is 24.9 Å². The molecule has 0 aromatic carbocycles. The van der Waals surface area contributed by atoms with Crippen LogP contribution in [-0.4, -0.2) is 70.9 Å². The second-order valence-electron chi connectivity index (χ2n) is 4.34. The first kappa shape index (κ1) is 18.8. The predicted molar refractivity (Wildman–Crippen MR) is 68.6 cm³/mol. The highest BCUT2D eigenvalue weighted by molar-refractivity contribution is 5.81. The summed E-state index contributed by atoms with van der Waals surface area (Å²) >= 11 is 0. The summed E-state index contributed by atoms with van der Waals surface area (Å²) in [5.41, 5.74) is 0. The van der Waals surface area contributed by atoms with Crippen molar-refractivity contribution in [2.24, 2.45) is 0 Å². The molecule has 8 heteroatoms. The van der Waals surface area contributed by atoms with E-state index in [0.29, 0.717) is 12.8 Å². The highest BCUT2D eigenvalue weighted by Crippen LogP contribution is 2.04. The number of hydrogen-bond acceptors (Lipinski definition) is 7. The fourth-order valence-corrected chi connectivity index (χ4v) is 1.48. The van der Waals surface area contributed by atoms with Crippen LogP contribution in [0.1, 0.15) is 25.7 Å². The number of aliphatic hydroxyl groups is 4. The lowest BCUT2D eigenvalue weighted by atomic mass is 10.0. The van der Waals surface area contributed by atoms with Crippen molar-refractivity contribution < 1.29 is 34.8 Å². The maximum Gasteiger partial charge on any atom is 0.305 e. The van der Waals surface area contributed by atoms with Crippen LogP contribution in [0.5, 0.6) is 0 Å². The Morgan fingerprint density at radius 1 is 1.20 bits per heavy atom. The number of methoxy groups -OCH3 is 1. The second kappa shape index (κ2) is 10.6. The molecule has 0 rings (SSSR count). The third-order valence-electron chi connectivity index (χ3n) is 2.75. The first-order valence-corrected chi connectivity index (χ1v) is 6.43. The number of rotatable bonds is 10. The normalized spacial score (nSPS) is 15.2. The van der Waals surface area contributed by atoms with E-state index in [4.69, 9.17) is 5.11 Å². The quantitative estimate of drug-likeness (QED) is 0.230. The maximum atomic E-state index is 11.5. The molecule has 0 saturated carbocycles. The number of amides is 1. The van der Waals surface area contributed by atoms with Gasteiger partial charge < -0.3 is 30.5 Å². The molecule has 8 nitrogen and oxygen atoms in total. The largest absolute Gasteiger partial charge is 0.469 e. The lowest BCUT2D eigenvalue weighted by Gasteiger charge is -2.21. The van der Waals surface area contributed by atoms with Gasteiger partial charge in [-0.1, -0.05) is 0 Å². The Balaban J connectivity index is 3.88. The van der Waals surface area contributed by atoms with Gasteiger partial charge in [0.05, 0.1) is 13.2 Å². The molecule has 0 aromatic rings. The number of nitrogens with one attached hydrogen (secondary N) is 1. The van der Waals surface area contributed by atoms with Crippen LogP contribution in [0.15, 0.2) is 0 Å². The zero-order valence-electron chi connectivity index (χ0n) is 11.5. The summed E-state index contributed by atoms with van der Waals surface area (Å²) in [6.07, 6.45) is -3.65. The molecule has 0 fully saturated rings.